The lowest BCUT2D eigenvalue weighted by Crippen LogP contribution is -2.24. The van der Waals surface area contributed by atoms with Crippen molar-refractivity contribution < 1.29 is 17.7 Å². The van der Waals surface area contributed by atoms with E-state index < -0.39 is 0 Å². The van der Waals surface area contributed by atoms with E-state index in [4.69, 9.17) is 17.7 Å². The van der Waals surface area contributed by atoms with Crippen molar-refractivity contribution in [1.29, 1.82) is 0 Å². The van der Waals surface area contributed by atoms with Gasteiger partial charge in [0.25, 0.3) is 0 Å². The zero-order valence-corrected chi connectivity index (χ0v) is 30.3. The minimum atomic E-state index is -0.0844. The number of nitrogens with zero attached hydrogens (tertiary/aromatic N) is 2. The molecule has 0 amide bonds. The molecule has 270 valence electrons. The maximum Gasteiger partial charge on any atom is 0.139 e. The Kier molecular flexibility index (Phi) is 9.37. The van der Waals surface area contributed by atoms with Gasteiger partial charge >= 0.3 is 0 Å². The summed E-state index contributed by atoms with van der Waals surface area (Å²) >= 11 is 0. The molecular formula is C49H40N2O4. The van der Waals surface area contributed by atoms with E-state index in [0.717, 1.165) is 69.8 Å². The summed E-state index contributed by atoms with van der Waals surface area (Å²) in [6.07, 6.45) is 15.5. The van der Waals surface area contributed by atoms with Gasteiger partial charge in [0.2, 0.25) is 0 Å². The lowest BCUT2D eigenvalue weighted by atomic mass is 9.73. The Morgan fingerprint density at radius 3 is 1.02 bits per heavy atom. The first-order valence-electron chi connectivity index (χ1n) is 18.7. The van der Waals surface area contributed by atoms with Crippen molar-refractivity contribution in [2.24, 2.45) is 0 Å². The fourth-order valence-corrected chi connectivity index (χ4v) is 7.86. The first-order valence-corrected chi connectivity index (χ1v) is 18.7. The van der Waals surface area contributed by atoms with Crippen LogP contribution in [0.5, 0.6) is 0 Å². The van der Waals surface area contributed by atoms with Gasteiger partial charge in [-0.15, -0.1) is 0 Å². The van der Waals surface area contributed by atoms with Crippen molar-refractivity contribution in [3.05, 3.63) is 229 Å². The smallest absolute Gasteiger partial charge is 0.139 e. The number of anilines is 4. The molecule has 0 radical (unpaired) electrons. The zero-order valence-electron chi connectivity index (χ0n) is 30.3. The van der Waals surface area contributed by atoms with Crippen molar-refractivity contribution in [1.82, 2.24) is 0 Å². The Hall–Kier alpha value is -6.92. The standard InChI is InChI=1S/C49H40N2O4/c1-3-13-39(14-4-1)50(35-43(45-17-9-31-52-45)46-18-10-32-53-46)41-25-21-37(22-26-41)49(29-7-8-30-49)38-23-27-42(28-24-38)51(40-15-5-2-6-16-40)36-44(47-19-11-33-54-47)48-20-12-34-55-48/h1-6,9-28,31-36H,7-8,29-30H2. The molecule has 8 aromatic rings. The molecule has 1 fully saturated rings. The summed E-state index contributed by atoms with van der Waals surface area (Å²) in [6, 6.07) is 54.4. The van der Waals surface area contributed by atoms with Crippen molar-refractivity contribution in [3.8, 4) is 0 Å². The van der Waals surface area contributed by atoms with Crippen LogP contribution < -0.4 is 9.80 Å². The molecule has 4 heterocycles. The van der Waals surface area contributed by atoms with Crippen LogP contribution in [0.1, 0.15) is 59.9 Å². The highest BCUT2D eigenvalue weighted by Crippen LogP contribution is 2.48. The highest BCUT2D eigenvalue weighted by Gasteiger charge is 2.37. The van der Waals surface area contributed by atoms with Gasteiger partial charge in [0.15, 0.2) is 0 Å². The normalized spacial score (nSPS) is 13.3. The maximum absolute atomic E-state index is 5.87. The second-order valence-electron chi connectivity index (χ2n) is 13.8. The maximum atomic E-state index is 5.87. The number of hydrogen-bond acceptors (Lipinski definition) is 6. The van der Waals surface area contributed by atoms with E-state index in [-0.39, 0.29) is 5.41 Å². The molecule has 6 heteroatoms. The van der Waals surface area contributed by atoms with Crippen LogP contribution in [0.4, 0.5) is 22.7 Å². The minimum Gasteiger partial charge on any atom is -0.464 e. The Morgan fingerprint density at radius 2 is 0.709 bits per heavy atom. The number of para-hydroxylation sites is 2. The lowest BCUT2D eigenvalue weighted by Gasteiger charge is -2.32. The molecule has 55 heavy (non-hydrogen) atoms. The number of hydrogen-bond donors (Lipinski definition) is 0. The first-order chi connectivity index (χ1) is 27.2. The van der Waals surface area contributed by atoms with Gasteiger partial charge in [-0.2, -0.15) is 0 Å². The largest absolute Gasteiger partial charge is 0.464 e. The van der Waals surface area contributed by atoms with Crippen molar-refractivity contribution in [3.63, 3.8) is 0 Å². The van der Waals surface area contributed by atoms with Gasteiger partial charge in [-0.1, -0.05) is 73.5 Å². The molecule has 1 saturated carbocycles. The Morgan fingerprint density at radius 1 is 0.382 bits per heavy atom. The molecule has 0 saturated heterocycles. The zero-order chi connectivity index (χ0) is 36.9. The molecule has 0 bridgehead atoms. The number of benzene rings is 4. The Bertz CT molecular complexity index is 2190. The second kappa shape index (κ2) is 15.2. The van der Waals surface area contributed by atoms with Crippen LogP contribution in [-0.4, -0.2) is 0 Å². The molecule has 6 nitrogen and oxygen atoms in total. The molecule has 0 unspecified atom stereocenters. The number of furan rings is 4. The first kappa shape index (κ1) is 33.9. The van der Waals surface area contributed by atoms with Gasteiger partial charge < -0.3 is 27.5 Å². The van der Waals surface area contributed by atoms with Crippen molar-refractivity contribution in [2.45, 2.75) is 31.1 Å². The summed E-state index contributed by atoms with van der Waals surface area (Å²) in [7, 11) is 0. The fraction of sp³-hybridized carbons (Fsp3) is 0.102. The SMILES string of the molecule is C(=C(c1ccco1)c1ccco1)N(c1ccccc1)c1ccc(C2(c3ccc(N(C=C(c4ccco4)c4ccco4)c4ccccc4)cc3)CCCC2)cc1. The van der Waals surface area contributed by atoms with Crippen molar-refractivity contribution in [2.75, 3.05) is 9.80 Å². The van der Waals surface area contributed by atoms with Gasteiger partial charge in [-0.05, 0) is 121 Å². The molecule has 0 aliphatic heterocycles. The molecular weight excluding hydrogens is 681 g/mol. The quantitative estimate of drug-likeness (QED) is 0.125. The molecule has 4 aromatic heterocycles. The molecule has 0 spiro atoms. The predicted octanol–water partition coefficient (Wildman–Crippen LogP) is 13.4. The van der Waals surface area contributed by atoms with E-state index in [1.165, 1.54) is 24.0 Å². The van der Waals surface area contributed by atoms with Gasteiger partial charge in [0.05, 0.1) is 36.2 Å². The summed E-state index contributed by atoms with van der Waals surface area (Å²) in [5, 5.41) is 0. The lowest BCUT2D eigenvalue weighted by molar-refractivity contribution is 0.529. The molecule has 4 aromatic carbocycles. The molecule has 1 aliphatic carbocycles. The molecule has 0 atom stereocenters. The van der Waals surface area contributed by atoms with E-state index in [0.29, 0.717) is 0 Å². The molecule has 9 rings (SSSR count). The van der Waals surface area contributed by atoms with E-state index >= 15 is 0 Å². The van der Waals surface area contributed by atoms with E-state index in [1.54, 1.807) is 25.1 Å². The van der Waals surface area contributed by atoms with Crippen molar-refractivity contribution >= 4 is 33.9 Å². The topological polar surface area (TPSA) is 59.0 Å². The van der Waals surface area contributed by atoms with Crippen LogP contribution >= 0.6 is 0 Å². The van der Waals surface area contributed by atoms with Crippen LogP contribution in [-0.2, 0) is 5.41 Å². The number of rotatable bonds is 12. The average Bonchev–Trinajstić information content (AvgIpc) is 4.11. The van der Waals surface area contributed by atoms with E-state index in [9.17, 15) is 0 Å². The summed E-state index contributed by atoms with van der Waals surface area (Å²) in [6.45, 7) is 0. The molecule has 0 N–H and O–H groups in total. The average molecular weight is 721 g/mol. The van der Waals surface area contributed by atoms with Gasteiger partial charge in [0.1, 0.15) is 23.0 Å². The third kappa shape index (κ3) is 6.86. The monoisotopic (exact) mass is 720 g/mol. The Balaban J connectivity index is 1.07. The highest BCUT2D eigenvalue weighted by atomic mass is 16.3. The van der Waals surface area contributed by atoms with Gasteiger partial charge in [-0.3, -0.25) is 0 Å². The van der Waals surface area contributed by atoms with Crippen LogP contribution in [0.2, 0.25) is 0 Å². The van der Waals surface area contributed by atoms with E-state index in [1.807, 2.05) is 60.7 Å². The third-order valence-electron chi connectivity index (χ3n) is 10.6. The van der Waals surface area contributed by atoms with Crippen LogP contribution in [0.15, 0.2) is 213 Å². The third-order valence-corrected chi connectivity index (χ3v) is 10.6. The highest BCUT2D eigenvalue weighted by molar-refractivity contribution is 5.81. The van der Waals surface area contributed by atoms with Gasteiger partial charge in [0, 0.05) is 40.6 Å². The van der Waals surface area contributed by atoms with E-state index in [2.05, 4.69) is 119 Å². The minimum absolute atomic E-state index is 0.0844. The summed E-state index contributed by atoms with van der Waals surface area (Å²) in [4.78, 5) is 4.40. The second-order valence-corrected chi connectivity index (χ2v) is 13.8. The summed E-state index contributed by atoms with van der Waals surface area (Å²) in [5.74, 6) is 2.95. The van der Waals surface area contributed by atoms with Crippen LogP contribution in [0.3, 0.4) is 0 Å². The summed E-state index contributed by atoms with van der Waals surface area (Å²) in [5.41, 5.74) is 8.45. The summed E-state index contributed by atoms with van der Waals surface area (Å²) < 4.78 is 23.5. The Labute approximate surface area is 320 Å². The molecule has 1 aliphatic rings. The fourth-order valence-electron chi connectivity index (χ4n) is 7.86. The van der Waals surface area contributed by atoms with Gasteiger partial charge in [-0.25, -0.2) is 0 Å². The van der Waals surface area contributed by atoms with Crippen LogP contribution in [0, 0.1) is 0 Å². The van der Waals surface area contributed by atoms with Crippen LogP contribution in [0.25, 0.3) is 11.1 Å². The predicted molar refractivity (Wildman–Crippen MR) is 218 cm³/mol.